The molecule has 0 saturated heterocycles. The van der Waals surface area contributed by atoms with Crippen molar-refractivity contribution < 1.29 is 4.39 Å². The van der Waals surface area contributed by atoms with Gasteiger partial charge in [0.2, 0.25) is 0 Å². The Morgan fingerprint density at radius 2 is 2.06 bits per heavy atom. The summed E-state index contributed by atoms with van der Waals surface area (Å²) >= 11 is 3.32. The van der Waals surface area contributed by atoms with Gasteiger partial charge in [0.25, 0.3) is 0 Å². The minimum absolute atomic E-state index is 0.170. The molecule has 0 heterocycles. The Hall–Kier alpha value is -0.410. The molecule has 0 aromatic heterocycles. The summed E-state index contributed by atoms with van der Waals surface area (Å²) in [4.78, 5) is 0. The van der Waals surface area contributed by atoms with E-state index in [4.69, 9.17) is 0 Å². The molecule has 3 heteroatoms. The van der Waals surface area contributed by atoms with Gasteiger partial charge >= 0.3 is 0 Å². The number of rotatable bonds is 7. The molecule has 1 rings (SSSR count). The highest BCUT2D eigenvalue weighted by Gasteiger charge is 2.11. The van der Waals surface area contributed by atoms with Gasteiger partial charge < -0.3 is 5.32 Å². The fourth-order valence-corrected chi connectivity index (χ4v) is 2.69. The Kier molecular flexibility index (Phi) is 6.87. The predicted molar refractivity (Wildman–Crippen MR) is 79.3 cm³/mol. The van der Waals surface area contributed by atoms with Gasteiger partial charge in [-0.25, -0.2) is 4.39 Å². The number of halogens is 2. The molecule has 0 spiro atoms. The van der Waals surface area contributed by atoms with Crippen LogP contribution in [0.2, 0.25) is 0 Å². The number of benzene rings is 1. The van der Waals surface area contributed by atoms with Gasteiger partial charge in [0.15, 0.2) is 0 Å². The molecule has 1 aromatic carbocycles. The summed E-state index contributed by atoms with van der Waals surface area (Å²) in [6, 6.07) is 5.78. The molecule has 1 atom stereocenters. The second-order valence-electron chi connectivity index (χ2n) is 5.14. The first kappa shape index (κ1) is 15.6. The molecule has 0 aliphatic rings. The number of hydrogen-bond donors (Lipinski definition) is 1. The molecule has 1 aromatic rings. The van der Waals surface area contributed by atoms with Gasteiger partial charge in [-0.15, -0.1) is 0 Å². The second-order valence-corrected chi connectivity index (χ2v) is 5.93. The van der Waals surface area contributed by atoms with Gasteiger partial charge in [0.1, 0.15) is 5.82 Å². The van der Waals surface area contributed by atoms with Crippen molar-refractivity contribution in [2.45, 2.75) is 46.1 Å². The van der Waals surface area contributed by atoms with Crippen LogP contribution in [0.15, 0.2) is 22.7 Å². The first-order valence-corrected chi connectivity index (χ1v) is 7.50. The van der Waals surface area contributed by atoms with Crippen molar-refractivity contribution in [3.05, 3.63) is 34.1 Å². The summed E-state index contributed by atoms with van der Waals surface area (Å²) in [6.45, 7) is 7.60. The zero-order chi connectivity index (χ0) is 13.5. The van der Waals surface area contributed by atoms with E-state index in [1.165, 1.54) is 12.5 Å². The summed E-state index contributed by atoms with van der Waals surface area (Å²) in [5, 5.41) is 3.51. The van der Waals surface area contributed by atoms with Gasteiger partial charge in [0.05, 0.1) is 4.47 Å². The molecule has 1 nitrogen and oxygen atoms in total. The lowest BCUT2D eigenvalue weighted by Gasteiger charge is -2.20. The average Bonchev–Trinajstić information content (AvgIpc) is 2.30. The van der Waals surface area contributed by atoms with Crippen molar-refractivity contribution in [3.8, 4) is 0 Å². The molecule has 1 N–H and O–H groups in total. The molecular formula is C15H23BrFN. The smallest absolute Gasteiger partial charge is 0.137 e. The first-order chi connectivity index (χ1) is 8.54. The Morgan fingerprint density at radius 3 is 2.67 bits per heavy atom. The summed E-state index contributed by atoms with van der Waals surface area (Å²) < 4.78 is 14.0. The van der Waals surface area contributed by atoms with Crippen LogP contribution < -0.4 is 5.32 Å². The predicted octanol–water partition coefficient (Wildman–Crippen LogP) is 4.55. The van der Waals surface area contributed by atoms with Crippen LogP contribution in [0.1, 0.15) is 39.2 Å². The highest BCUT2D eigenvalue weighted by Crippen LogP contribution is 2.22. The fraction of sp³-hybridized carbons (Fsp3) is 0.600. The van der Waals surface area contributed by atoms with E-state index in [0.717, 1.165) is 24.9 Å². The number of nitrogens with one attached hydrogen (secondary N) is 1. The number of aryl methyl sites for hydroxylation is 1. The highest BCUT2D eigenvalue weighted by atomic mass is 79.9. The fourth-order valence-electron chi connectivity index (χ4n) is 2.23. The van der Waals surface area contributed by atoms with Gasteiger partial charge in [-0.05, 0) is 59.3 Å². The van der Waals surface area contributed by atoms with Crippen molar-refractivity contribution in [1.82, 2.24) is 5.32 Å². The molecule has 18 heavy (non-hydrogen) atoms. The Morgan fingerprint density at radius 1 is 1.33 bits per heavy atom. The van der Waals surface area contributed by atoms with E-state index in [-0.39, 0.29) is 5.82 Å². The first-order valence-electron chi connectivity index (χ1n) is 6.70. The Balaban J connectivity index is 2.58. The third-order valence-electron chi connectivity index (χ3n) is 3.04. The van der Waals surface area contributed by atoms with E-state index >= 15 is 0 Å². The van der Waals surface area contributed by atoms with Crippen LogP contribution in [-0.2, 0) is 6.42 Å². The van der Waals surface area contributed by atoms with Crippen molar-refractivity contribution in [2.75, 3.05) is 6.54 Å². The average molecular weight is 316 g/mol. The van der Waals surface area contributed by atoms with Gasteiger partial charge in [-0.2, -0.15) is 0 Å². The van der Waals surface area contributed by atoms with E-state index in [1.807, 2.05) is 6.07 Å². The zero-order valence-corrected chi connectivity index (χ0v) is 13.1. The quantitative estimate of drug-likeness (QED) is 0.778. The molecule has 0 saturated carbocycles. The topological polar surface area (TPSA) is 12.0 Å². The number of hydrogen-bond acceptors (Lipinski definition) is 1. The molecule has 0 aliphatic heterocycles. The van der Waals surface area contributed by atoms with Crippen LogP contribution in [0.4, 0.5) is 4.39 Å². The summed E-state index contributed by atoms with van der Waals surface area (Å²) in [5.41, 5.74) is 1.06. The standard InChI is InChI=1S/C15H23BrFN/c1-4-18-13(10-11(2)3)9-8-12-6-5-7-14(17)15(12)16/h5-7,11,13,18H,4,8-10H2,1-3H3. The lowest BCUT2D eigenvalue weighted by Crippen LogP contribution is -2.30. The Bertz CT molecular complexity index is 366. The highest BCUT2D eigenvalue weighted by molar-refractivity contribution is 9.10. The molecular weight excluding hydrogens is 293 g/mol. The SMILES string of the molecule is CCNC(CCc1cccc(F)c1Br)CC(C)C. The van der Waals surface area contributed by atoms with Gasteiger partial charge in [-0.1, -0.05) is 32.9 Å². The van der Waals surface area contributed by atoms with Crippen LogP contribution in [0.5, 0.6) is 0 Å². The molecule has 0 radical (unpaired) electrons. The van der Waals surface area contributed by atoms with Crippen LogP contribution in [0.25, 0.3) is 0 Å². The molecule has 0 amide bonds. The zero-order valence-electron chi connectivity index (χ0n) is 11.5. The maximum Gasteiger partial charge on any atom is 0.137 e. The van der Waals surface area contributed by atoms with Crippen LogP contribution in [0.3, 0.4) is 0 Å². The third kappa shape index (κ3) is 5.07. The normalized spacial score (nSPS) is 13.0. The largest absolute Gasteiger partial charge is 0.314 e. The molecule has 1 unspecified atom stereocenters. The lowest BCUT2D eigenvalue weighted by molar-refractivity contribution is 0.405. The third-order valence-corrected chi connectivity index (χ3v) is 3.93. The van der Waals surface area contributed by atoms with Crippen LogP contribution >= 0.6 is 15.9 Å². The molecule has 0 bridgehead atoms. The van der Waals surface area contributed by atoms with E-state index in [0.29, 0.717) is 16.4 Å². The van der Waals surface area contributed by atoms with Gasteiger partial charge in [-0.3, -0.25) is 0 Å². The van der Waals surface area contributed by atoms with Crippen LogP contribution in [-0.4, -0.2) is 12.6 Å². The molecule has 102 valence electrons. The Labute approximate surface area is 118 Å². The van der Waals surface area contributed by atoms with Crippen molar-refractivity contribution in [1.29, 1.82) is 0 Å². The summed E-state index contributed by atoms with van der Waals surface area (Å²) in [5.74, 6) is 0.515. The van der Waals surface area contributed by atoms with Crippen molar-refractivity contribution >= 4 is 15.9 Å². The molecule has 0 fully saturated rings. The maximum absolute atomic E-state index is 13.4. The van der Waals surface area contributed by atoms with Crippen molar-refractivity contribution in [3.63, 3.8) is 0 Å². The van der Waals surface area contributed by atoms with E-state index in [9.17, 15) is 4.39 Å². The maximum atomic E-state index is 13.4. The van der Waals surface area contributed by atoms with Gasteiger partial charge in [0, 0.05) is 6.04 Å². The summed E-state index contributed by atoms with van der Waals surface area (Å²) in [6.07, 6.45) is 3.12. The molecule has 0 aliphatic carbocycles. The lowest BCUT2D eigenvalue weighted by atomic mass is 9.97. The monoisotopic (exact) mass is 315 g/mol. The van der Waals surface area contributed by atoms with Crippen molar-refractivity contribution in [2.24, 2.45) is 5.92 Å². The van der Waals surface area contributed by atoms with E-state index in [1.54, 1.807) is 6.07 Å². The van der Waals surface area contributed by atoms with E-state index < -0.39 is 0 Å². The van der Waals surface area contributed by atoms with E-state index in [2.05, 4.69) is 42.0 Å². The minimum atomic E-state index is -0.170. The van der Waals surface area contributed by atoms with Crippen LogP contribution in [0, 0.1) is 11.7 Å². The minimum Gasteiger partial charge on any atom is -0.314 e. The summed E-state index contributed by atoms with van der Waals surface area (Å²) in [7, 11) is 0. The second kappa shape index (κ2) is 7.90.